The highest BCUT2D eigenvalue weighted by atomic mass is 16.3. The minimum atomic E-state index is -0.444. The van der Waals surface area contributed by atoms with Gasteiger partial charge in [-0.25, -0.2) is 4.79 Å². The van der Waals surface area contributed by atoms with Crippen LogP contribution in [0.4, 0.5) is 4.79 Å². The Morgan fingerprint density at radius 2 is 2.12 bits per heavy atom. The lowest BCUT2D eigenvalue weighted by molar-refractivity contribution is -0.130. The summed E-state index contributed by atoms with van der Waals surface area (Å²) >= 11 is 0. The molecule has 1 rings (SSSR count). The number of nitrogens with zero attached hydrogens (tertiary/aromatic N) is 2. The third-order valence-electron chi connectivity index (χ3n) is 2.44. The summed E-state index contributed by atoms with van der Waals surface area (Å²) in [4.78, 5) is 36.4. The first-order chi connectivity index (χ1) is 8.06. The van der Waals surface area contributed by atoms with Crippen LogP contribution >= 0.6 is 0 Å². The Bertz CT molecular complexity index is 319. The molecule has 0 aromatic rings. The highest BCUT2D eigenvalue weighted by molar-refractivity contribution is 6.04. The van der Waals surface area contributed by atoms with E-state index in [0.29, 0.717) is 19.4 Å². The first kappa shape index (κ1) is 13.4. The van der Waals surface area contributed by atoms with Crippen LogP contribution in [-0.2, 0) is 9.59 Å². The number of hydrogen-bond acceptors (Lipinski definition) is 4. The fourth-order valence-electron chi connectivity index (χ4n) is 1.49. The van der Waals surface area contributed by atoms with Crippen LogP contribution in [0, 0.1) is 0 Å². The molecule has 0 radical (unpaired) electrons. The smallest absolute Gasteiger partial charge is 0.327 e. The van der Waals surface area contributed by atoms with Crippen molar-refractivity contribution in [3.63, 3.8) is 0 Å². The summed E-state index contributed by atoms with van der Waals surface area (Å²) in [6.07, 6.45) is 1.29. The van der Waals surface area contributed by atoms with Crippen molar-refractivity contribution in [3.05, 3.63) is 0 Å². The van der Waals surface area contributed by atoms with Crippen LogP contribution < -0.4 is 5.32 Å². The molecule has 0 aliphatic carbocycles. The summed E-state index contributed by atoms with van der Waals surface area (Å²) in [6, 6.07) is -0.444. The monoisotopic (exact) mass is 243 g/mol. The molecule has 1 aliphatic heterocycles. The maximum atomic E-state index is 11.4. The van der Waals surface area contributed by atoms with Crippen molar-refractivity contribution < 1.29 is 19.5 Å². The molecule has 4 amide bonds. The highest BCUT2D eigenvalue weighted by Crippen LogP contribution is 2.06. The van der Waals surface area contributed by atoms with E-state index in [1.54, 1.807) is 0 Å². The van der Waals surface area contributed by atoms with Gasteiger partial charge in [-0.05, 0) is 12.8 Å². The summed E-state index contributed by atoms with van der Waals surface area (Å²) in [5, 5.41) is 11.1. The standard InChI is InChI=1S/C10H17N3O4/c1-12-7-9(16)13(10(12)17)6-8(15)11-4-2-3-5-14/h14H,2-7H2,1H3,(H,11,15). The maximum absolute atomic E-state index is 11.4. The van der Waals surface area contributed by atoms with Crippen molar-refractivity contribution in [1.82, 2.24) is 15.1 Å². The van der Waals surface area contributed by atoms with Gasteiger partial charge in [0.1, 0.15) is 13.1 Å². The maximum Gasteiger partial charge on any atom is 0.327 e. The van der Waals surface area contributed by atoms with Gasteiger partial charge in [0.2, 0.25) is 5.91 Å². The zero-order chi connectivity index (χ0) is 12.8. The average Bonchev–Trinajstić information content (AvgIpc) is 2.52. The molecule has 96 valence electrons. The second-order valence-corrected chi connectivity index (χ2v) is 3.90. The molecule has 7 nitrogen and oxygen atoms in total. The predicted octanol–water partition coefficient (Wildman–Crippen LogP) is -1.23. The van der Waals surface area contributed by atoms with Crippen molar-refractivity contribution in [2.75, 3.05) is 33.3 Å². The summed E-state index contributed by atoms with van der Waals surface area (Å²) in [6.45, 7) is 0.312. The molecule has 0 spiro atoms. The third kappa shape index (κ3) is 3.70. The lowest BCUT2D eigenvalue weighted by atomic mass is 10.3. The molecule has 1 fully saturated rings. The number of nitrogens with one attached hydrogen (secondary N) is 1. The van der Waals surface area contributed by atoms with Gasteiger partial charge < -0.3 is 15.3 Å². The molecular weight excluding hydrogens is 226 g/mol. The molecular formula is C10H17N3O4. The normalized spacial score (nSPS) is 15.6. The van der Waals surface area contributed by atoms with Gasteiger partial charge in [-0.15, -0.1) is 0 Å². The number of imide groups is 1. The summed E-state index contributed by atoms with van der Waals surface area (Å²) < 4.78 is 0. The number of carbonyl (C=O) groups is 3. The topological polar surface area (TPSA) is 90.0 Å². The molecule has 1 aliphatic rings. The fraction of sp³-hybridized carbons (Fsp3) is 0.700. The zero-order valence-electron chi connectivity index (χ0n) is 9.81. The predicted molar refractivity (Wildman–Crippen MR) is 59.1 cm³/mol. The Morgan fingerprint density at radius 1 is 1.41 bits per heavy atom. The molecule has 0 atom stereocenters. The lowest BCUT2D eigenvalue weighted by Crippen LogP contribution is -2.41. The SMILES string of the molecule is CN1CC(=O)N(CC(=O)NCCCCO)C1=O. The lowest BCUT2D eigenvalue weighted by Gasteiger charge is -2.13. The first-order valence-electron chi connectivity index (χ1n) is 5.49. The largest absolute Gasteiger partial charge is 0.396 e. The van der Waals surface area contributed by atoms with E-state index in [1.165, 1.54) is 11.9 Å². The van der Waals surface area contributed by atoms with Gasteiger partial charge in [0, 0.05) is 20.2 Å². The highest BCUT2D eigenvalue weighted by Gasteiger charge is 2.34. The number of urea groups is 1. The van der Waals surface area contributed by atoms with Crippen LogP contribution in [0.1, 0.15) is 12.8 Å². The van der Waals surface area contributed by atoms with Gasteiger partial charge >= 0.3 is 6.03 Å². The van der Waals surface area contributed by atoms with E-state index >= 15 is 0 Å². The quantitative estimate of drug-likeness (QED) is 0.451. The molecule has 7 heteroatoms. The van der Waals surface area contributed by atoms with Gasteiger partial charge in [-0.2, -0.15) is 0 Å². The molecule has 1 heterocycles. The molecule has 0 aromatic carbocycles. The number of unbranched alkanes of at least 4 members (excludes halogenated alkanes) is 1. The van der Waals surface area contributed by atoms with Crippen LogP contribution in [0.25, 0.3) is 0 Å². The molecule has 0 unspecified atom stereocenters. The number of hydrogen-bond donors (Lipinski definition) is 2. The van der Waals surface area contributed by atoms with Gasteiger partial charge in [0.15, 0.2) is 0 Å². The second kappa shape index (κ2) is 6.19. The van der Waals surface area contributed by atoms with Gasteiger partial charge in [0.05, 0.1) is 0 Å². The molecule has 0 saturated carbocycles. The minimum Gasteiger partial charge on any atom is -0.396 e. The van der Waals surface area contributed by atoms with Gasteiger partial charge in [0.25, 0.3) is 5.91 Å². The Balaban J connectivity index is 2.31. The third-order valence-corrected chi connectivity index (χ3v) is 2.44. The zero-order valence-corrected chi connectivity index (χ0v) is 9.81. The Morgan fingerprint density at radius 3 is 2.65 bits per heavy atom. The van der Waals surface area contributed by atoms with E-state index < -0.39 is 6.03 Å². The average molecular weight is 243 g/mol. The second-order valence-electron chi connectivity index (χ2n) is 3.90. The number of carbonyl (C=O) groups excluding carboxylic acids is 3. The van der Waals surface area contributed by atoms with Crippen molar-refractivity contribution in [3.8, 4) is 0 Å². The number of aliphatic hydroxyl groups is 1. The first-order valence-corrected chi connectivity index (χ1v) is 5.49. The van der Waals surface area contributed by atoms with Gasteiger partial charge in [-0.3, -0.25) is 14.5 Å². The van der Waals surface area contributed by atoms with E-state index in [0.717, 1.165) is 4.90 Å². The molecule has 0 aromatic heterocycles. The number of aliphatic hydroxyl groups excluding tert-OH is 1. The molecule has 17 heavy (non-hydrogen) atoms. The van der Waals surface area contributed by atoms with E-state index in [9.17, 15) is 14.4 Å². The van der Waals surface area contributed by atoms with Crippen molar-refractivity contribution >= 4 is 17.8 Å². The molecule has 0 bridgehead atoms. The summed E-state index contributed by atoms with van der Waals surface area (Å²) in [5.41, 5.74) is 0. The van der Waals surface area contributed by atoms with Gasteiger partial charge in [-0.1, -0.05) is 0 Å². The van der Waals surface area contributed by atoms with E-state index in [4.69, 9.17) is 5.11 Å². The van der Waals surface area contributed by atoms with Crippen molar-refractivity contribution in [1.29, 1.82) is 0 Å². The van der Waals surface area contributed by atoms with E-state index in [-0.39, 0.29) is 31.5 Å². The van der Waals surface area contributed by atoms with Crippen LogP contribution in [0.2, 0.25) is 0 Å². The van der Waals surface area contributed by atoms with Crippen LogP contribution in [0.15, 0.2) is 0 Å². The number of rotatable bonds is 6. The summed E-state index contributed by atoms with van der Waals surface area (Å²) in [7, 11) is 1.51. The van der Waals surface area contributed by atoms with E-state index in [2.05, 4.69) is 5.32 Å². The number of amides is 4. The summed E-state index contributed by atoms with van der Waals surface area (Å²) in [5.74, 6) is -0.719. The minimum absolute atomic E-state index is 0.0244. The number of likely N-dealkylation sites (N-methyl/N-ethyl adjacent to an activating group) is 1. The van der Waals surface area contributed by atoms with Crippen molar-refractivity contribution in [2.45, 2.75) is 12.8 Å². The van der Waals surface area contributed by atoms with Crippen LogP contribution in [0.3, 0.4) is 0 Å². The molecule has 1 saturated heterocycles. The Hall–Kier alpha value is -1.63. The Kier molecular flexibility index (Phi) is 4.89. The van der Waals surface area contributed by atoms with E-state index in [1.807, 2.05) is 0 Å². The van der Waals surface area contributed by atoms with Crippen LogP contribution in [0.5, 0.6) is 0 Å². The fourth-order valence-corrected chi connectivity index (χ4v) is 1.49. The Labute approximate surface area is 99.4 Å². The van der Waals surface area contributed by atoms with Crippen LogP contribution in [-0.4, -0.2) is 66.0 Å². The van der Waals surface area contributed by atoms with Crippen molar-refractivity contribution in [2.24, 2.45) is 0 Å². The molecule has 2 N–H and O–H groups in total.